The SMILES string of the molecule is O=C(CN1CCOC(c2ccc(Cl)cc2)C1)NCC1CCCCC1. The number of rotatable bonds is 5. The number of hydrogen-bond acceptors (Lipinski definition) is 3. The van der Waals surface area contributed by atoms with Crippen molar-refractivity contribution < 1.29 is 9.53 Å². The Bertz CT molecular complexity index is 529. The highest BCUT2D eigenvalue weighted by molar-refractivity contribution is 6.30. The monoisotopic (exact) mass is 350 g/mol. The van der Waals surface area contributed by atoms with Crippen LogP contribution in [0, 0.1) is 5.92 Å². The van der Waals surface area contributed by atoms with E-state index in [1.165, 1.54) is 32.1 Å². The number of ether oxygens (including phenoxy) is 1. The summed E-state index contributed by atoms with van der Waals surface area (Å²) in [4.78, 5) is 14.4. The van der Waals surface area contributed by atoms with Crippen LogP contribution in [0.15, 0.2) is 24.3 Å². The van der Waals surface area contributed by atoms with Crippen molar-refractivity contribution in [1.29, 1.82) is 0 Å². The van der Waals surface area contributed by atoms with Crippen LogP contribution in [-0.2, 0) is 9.53 Å². The van der Waals surface area contributed by atoms with Gasteiger partial charge in [-0.25, -0.2) is 0 Å². The molecule has 1 N–H and O–H groups in total. The number of morpholine rings is 1. The summed E-state index contributed by atoms with van der Waals surface area (Å²) in [6.45, 7) is 3.51. The first kappa shape index (κ1) is 17.7. The van der Waals surface area contributed by atoms with E-state index in [9.17, 15) is 4.79 Å². The second-order valence-electron chi connectivity index (χ2n) is 6.95. The third-order valence-corrected chi connectivity index (χ3v) is 5.32. The predicted octanol–water partition coefficient (Wildman–Crippen LogP) is 3.41. The van der Waals surface area contributed by atoms with E-state index in [4.69, 9.17) is 16.3 Å². The predicted molar refractivity (Wildman–Crippen MR) is 96.2 cm³/mol. The molecule has 2 fully saturated rings. The molecule has 1 unspecified atom stereocenters. The second-order valence-corrected chi connectivity index (χ2v) is 7.39. The molecule has 2 aliphatic rings. The minimum atomic E-state index is 0.0159. The molecular weight excluding hydrogens is 324 g/mol. The summed E-state index contributed by atoms with van der Waals surface area (Å²) in [6, 6.07) is 7.77. The van der Waals surface area contributed by atoms with Crippen molar-refractivity contribution in [1.82, 2.24) is 10.2 Å². The number of halogens is 1. The van der Waals surface area contributed by atoms with Gasteiger partial charge in [0, 0.05) is 24.7 Å². The normalized spacial score (nSPS) is 23.1. The quantitative estimate of drug-likeness (QED) is 0.884. The summed E-state index contributed by atoms with van der Waals surface area (Å²) in [7, 11) is 0. The standard InChI is InChI=1S/C19H27ClN2O2/c20-17-8-6-16(7-9-17)18-13-22(10-11-24-18)14-19(23)21-12-15-4-2-1-3-5-15/h6-9,15,18H,1-5,10-14H2,(H,21,23). The fourth-order valence-electron chi connectivity index (χ4n) is 3.63. The van der Waals surface area contributed by atoms with Gasteiger partial charge in [-0.05, 0) is 36.5 Å². The molecular formula is C19H27ClN2O2. The maximum atomic E-state index is 12.2. The maximum absolute atomic E-state index is 12.2. The van der Waals surface area contributed by atoms with E-state index in [2.05, 4.69) is 10.2 Å². The molecule has 0 aromatic heterocycles. The third kappa shape index (κ3) is 5.20. The van der Waals surface area contributed by atoms with Crippen LogP contribution in [0.5, 0.6) is 0 Å². The van der Waals surface area contributed by atoms with Gasteiger partial charge in [-0.2, -0.15) is 0 Å². The Balaban J connectivity index is 1.44. The molecule has 1 atom stereocenters. The summed E-state index contributed by atoms with van der Waals surface area (Å²) >= 11 is 5.94. The van der Waals surface area contributed by atoms with E-state index in [0.717, 1.165) is 30.2 Å². The summed E-state index contributed by atoms with van der Waals surface area (Å²) in [5.74, 6) is 0.812. The zero-order valence-corrected chi connectivity index (χ0v) is 14.9. The van der Waals surface area contributed by atoms with Crippen LogP contribution in [0.4, 0.5) is 0 Å². The minimum Gasteiger partial charge on any atom is -0.371 e. The van der Waals surface area contributed by atoms with Crippen molar-refractivity contribution >= 4 is 17.5 Å². The van der Waals surface area contributed by atoms with Crippen molar-refractivity contribution in [2.75, 3.05) is 32.8 Å². The largest absolute Gasteiger partial charge is 0.371 e. The highest BCUT2D eigenvalue weighted by atomic mass is 35.5. The van der Waals surface area contributed by atoms with Gasteiger partial charge in [0.25, 0.3) is 0 Å². The van der Waals surface area contributed by atoms with Gasteiger partial charge in [0.2, 0.25) is 5.91 Å². The summed E-state index contributed by atoms with van der Waals surface area (Å²) in [5, 5.41) is 3.85. The zero-order chi connectivity index (χ0) is 16.8. The second kappa shape index (κ2) is 8.84. The average Bonchev–Trinajstić information content (AvgIpc) is 2.62. The molecule has 24 heavy (non-hydrogen) atoms. The Morgan fingerprint density at radius 2 is 1.96 bits per heavy atom. The van der Waals surface area contributed by atoms with Crippen molar-refractivity contribution in [3.8, 4) is 0 Å². The lowest BCUT2D eigenvalue weighted by Crippen LogP contribution is -2.45. The first-order valence-electron chi connectivity index (χ1n) is 9.07. The van der Waals surface area contributed by atoms with Crippen molar-refractivity contribution in [3.63, 3.8) is 0 Å². The molecule has 1 saturated heterocycles. The Morgan fingerprint density at radius 3 is 2.71 bits per heavy atom. The number of nitrogens with zero attached hydrogens (tertiary/aromatic N) is 1. The van der Waals surface area contributed by atoms with Crippen LogP contribution in [0.25, 0.3) is 0 Å². The molecule has 1 aliphatic heterocycles. The van der Waals surface area contributed by atoms with Crippen LogP contribution in [0.1, 0.15) is 43.8 Å². The number of benzene rings is 1. The molecule has 1 amide bonds. The van der Waals surface area contributed by atoms with E-state index in [1.54, 1.807) is 0 Å². The number of carbonyl (C=O) groups excluding carboxylic acids is 1. The zero-order valence-electron chi connectivity index (χ0n) is 14.2. The van der Waals surface area contributed by atoms with Crippen LogP contribution < -0.4 is 5.32 Å². The van der Waals surface area contributed by atoms with Gasteiger partial charge >= 0.3 is 0 Å². The molecule has 1 aromatic carbocycles. The van der Waals surface area contributed by atoms with Gasteiger partial charge < -0.3 is 10.1 Å². The highest BCUT2D eigenvalue weighted by Gasteiger charge is 2.23. The Labute approximate surface area is 149 Å². The van der Waals surface area contributed by atoms with E-state index >= 15 is 0 Å². The van der Waals surface area contributed by atoms with Gasteiger partial charge in [0.05, 0.1) is 19.3 Å². The van der Waals surface area contributed by atoms with Gasteiger partial charge in [-0.1, -0.05) is 43.0 Å². The molecule has 5 heteroatoms. The maximum Gasteiger partial charge on any atom is 0.234 e. The van der Waals surface area contributed by atoms with Crippen LogP contribution in [-0.4, -0.2) is 43.6 Å². The molecule has 1 aliphatic carbocycles. The van der Waals surface area contributed by atoms with E-state index < -0.39 is 0 Å². The van der Waals surface area contributed by atoms with Gasteiger partial charge in [-0.15, -0.1) is 0 Å². The molecule has 132 valence electrons. The first-order valence-corrected chi connectivity index (χ1v) is 9.44. The van der Waals surface area contributed by atoms with Crippen molar-refractivity contribution in [2.24, 2.45) is 5.92 Å². The molecule has 1 heterocycles. The summed E-state index contributed by atoms with van der Waals surface area (Å²) in [6.07, 6.45) is 6.51. The molecule has 3 rings (SSSR count). The van der Waals surface area contributed by atoms with E-state index in [1.807, 2.05) is 24.3 Å². The fraction of sp³-hybridized carbons (Fsp3) is 0.632. The summed E-state index contributed by atoms with van der Waals surface area (Å²) < 4.78 is 5.85. The van der Waals surface area contributed by atoms with E-state index in [0.29, 0.717) is 19.1 Å². The lowest BCUT2D eigenvalue weighted by atomic mass is 9.89. The lowest BCUT2D eigenvalue weighted by molar-refractivity contribution is -0.124. The molecule has 0 bridgehead atoms. The fourth-order valence-corrected chi connectivity index (χ4v) is 3.76. The third-order valence-electron chi connectivity index (χ3n) is 5.07. The minimum absolute atomic E-state index is 0.0159. The average molecular weight is 351 g/mol. The van der Waals surface area contributed by atoms with Gasteiger partial charge in [0.1, 0.15) is 0 Å². The van der Waals surface area contributed by atoms with Crippen molar-refractivity contribution in [2.45, 2.75) is 38.2 Å². The first-order chi connectivity index (χ1) is 11.7. The van der Waals surface area contributed by atoms with Crippen LogP contribution in [0.3, 0.4) is 0 Å². The highest BCUT2D eigenvalue weighted by Crippen LogP contribution is 2.24. The molecule has 0 spiro atoms. The van der Waals surface area contributed by atoms with Crippen LogP contribution >= 0.6 is 11.6 Å². The van der Waals surface area contributed by atoms with Gasteiger partial charge in [0.15, 0.2) is 0 Å². The number of amides is 1. The molecule has 4 nitrogen and oxygen atoms in total. The van der Waals surface area contributed by atoms with Gasteiger partial charge in [-0.3, -0.25) is 9.69 Å². The lowest BCUT2D eigenvalue weighted by Gasteiger charge is -2.33. The molecule has 0 radical (unpaired) electrons. The number of hydrogen-bond donors (Lipinski definition) is 1. The topological polar surface area (TPSA) is 41.6 Å². The smallest absolute Gasteiger partial charge is 0.234 e. The molecule has 1 aromatic rings. The Morgan fingerprint density at radius 1 is 1.21 bits per heavy atom. The van der Waals surface area contributed by atoms with E-state index in [-0.39, 0.29) is 12.0 Å². The number of carbonyl (C=O) groups is 1. The summed E-state index contributed by atoms with van der Waals surface area (Å²) in [5.41, 5.74) is 1.12. The Hall–Kier alpha value is -1.10. The molecule has 1 saturated carbocycles. The van der Waals surface area contributed by atoms with Crippen molar-refractivity contribution in [3.05, 3.63) is 34.9 Å². The Kier molecular flexibility index (Phi) is 6.52. The number of nitrogens with one attached hydrogen (secondary N) is 1. The van der Waals surface area contributed by atoms with Crippen LogP contribution in [0.2, 0.25) is 5.02 Å².